The lowest BCUT2D eigenvalue weighted by Crippen LogP contribution is -2.20. The second-order valence-corrected chi connectivity index (χ2v) is 7.67. The molecule has 29 heavy (non-hydrogen) atoms. The van der Waals surface area contributed by atoms with Crippen LogP contribution in [0.5, 0.6) is 0 Å². The molecule has 1 aromatic carbocycles. The van der Waals surface area contributed by atoms with Crippen molar-refractivity contribution in [2.24, 2.45) is 0 Å². The van der Waals surface area contributed by atoms with Crippen molar-refractivity contribution in [1.29, 1.82) is 0 Å². The number of amides is 1. The first-order chi connectivity index (χ1) is 13.9. The summed E-state index contributed by atoms with van der Waals surface area (Å²) >= 11 is 12.2. The van der Waals surface area contributed by atoms with E-state index in [2.05, 4.69) is 15.5 Å². The molecule has 2 heterocycles. The monoisotopic (exact) mass is 439 g/mol. The third-order valence-corrected chi connectivity index (χ3v) is 5.38. The molecule has 0 saturated heterocycles. The maximum atomic E-state index is 13.1. The van der Waals surface area contributed by atoms with Gasteiger partial charge >= 0.3 is 0 Å². The number of anilines is 1. The van der Waals surface area contributed by atoms with Gasteiger partial charge in [-0.05, 0) is 24.5 Å². The van der Waals surface area contributed by atoms with Gasteiger partial charge in [0.15, 0.2) is 0 Å². The Balaban J connectivity index is 1.44. The summed E-state index contributed by atoms with van der Waals surface area (Å²) in [6.45, 7) is 0.252. The lowest BCUT2D eigenvalue weighted by Gasteiger charge is -2.07. The minimum atomic E-state index is -2.78. The summed E-state index contributed by atoms with van der Waals surface area (Å²) in [5.41, 5.74) is 1.41. The topological polar surface area (TPSA) is 64.7 Å². The Labute approximate surface area is 175 Å². The van der Waals surface area contributed by atoms with Gasteiger partial charge in [-0.1, -0.05) is 41.4 Å². The number of alkyl halides is 2. The predicted molar refractivity (Wildman–Crippen MR) is 106 cm³/mol. The fourth-order valence-electron chi connectivity index (χ4n) is 3.13. The molecule has 1 aliphatic rings. The van der Waals surface area contributed by atoms with Crippen LogP contribution in [-0.4, -0.2) is 25.5 Å². The number of aromatic nitrogens is 4. The van der Waals surface area contributed by atoms with Crippen LogP contribution in [0.3, 0.4) is 0 Å². The predicted octanol–water partition coefficient (Wildman–Crippen LogP) is 4.89. The Morgan fingerprint density at radius 1 is 1.28 bits per heavy atom. The summed E-state index contributed by atoms with van der Waals surface area (Å²) < 4.78 is 29.2. The highest BCUT2D eigenvalue weighted by atomic mass is 35.5. The number of nitrogens with zero attached hydrogens (tertiary/aromatic N) is 4. The second-order valence-electron chi connectivity index (χ2n) is 6.88. The summed E-state index contributed by atoms with van der Waals surface area (Å²) in [6, 6.07) is 7.41. The molecule has 3 aromatic rings. The minimum absolute atomic E-state index is 0.0390. The highest BCUT2D eigenvalue weighted by molar-refractivity contribution is 6.32. The van der Waals surface area contributed by atoms with Gasteiger partial charge in [0.2, 0.25) is 5.91 Å². The zero-order chi connectivity index (χ0) is 20.5. The molecule has 1 N–H and O–H groups in total. The van der Waals surface area contributed by atoms with Crippen LogP contribution in [0.4, 0.5) is 14.5 Å². The number of rotatable bonds is 7. The summed E-state index contributed by atoms with van der Waals surface area (Å²) in [7, 11) is 0. The first-order valence-corrected chi connectivity index (χ1v) is 9.78. The third kappa shape index (κ3) is 4.43. The zero-order valence-electron chi connectivity index (χ0n) is 15.2. The Morgan fingerprint density at radius 3 is 2.72 bits per heavy atom. The quantitative estimate of drug-likeness (QED) is 0.569. The van der Waals surface area contributed by atoms with Gasteiger partial charge in [0.1, 0.15) is 12.2 Å². The van der Waals surface area contributed by atoms with Crippen LogP contribution in [0.1, 0.15) is 42.1 Å². The van der Waals surface area contributed by atoms with Gasteiger partial charge in [-0.25, -0.2) is 8.78 Å². The number of carbonyl (C=O) groups is 1. The van der Waals surface area contributed by atoms with E-state index in [9.17, 15) is 13.6 Å². The number of halogens is 4. The van der Waals surface area contributed by atoms with Crippen LogP contribution in [-0.2, 0) is 17.9 Å². The second kappa shape index (κ2) is 8.12. The van der Waals surface area contributed by atoms with Crippen molar-refractivity contribution in [3.8, 4) is 0 Å². The van der Waals surface area contributed by atoms with Crippen molar-refractivity contribution in [3.63, 3.8) is 0 Å². The molecule has 0 atom stereocenters. The Bertz CT molecular complexity index is 1050. The smallest absolute Gasteiger partial charge is 0.283 e. The van der Waals surface area contributed by atoms with Gasteiger partial charge in [0.05, 0.1) is 29.1 Å². The van der Waals surface area contributed by atoms with Crippen LogP contribution in [0.2, 0.25) is 10.0 Å². The number of hydrogen-bond acceptors (Lipinski definition) is 3. The maximum absolute atomic E-state index is 13.1. The lowest BCUT2D eigenvalue weighted by molar-refractivity contribution is -0.117. The average molecular weight is 440 g/mol. The normalized spacial score (nSPS) is 13.8. The van der Waals surface area contributed by atoms with E-state index < -0.39 is 18.0 Å². The number of nitrogens with one attached hydrogen (secondary N) is 1. The third-order valence-electron chi connectivity index (χ3n) is 4.63. The first kappa shape index (κ1) is 19.8. The van der Waals surface area contributed by atoms with E-state index in [1.165, 1.54) is 10.9 Å². The summed E-state index contributed by atoms with van der Waals surface area (Å²) in [6.07, 6.45) is 2.10. The van der Waals surface area contributed by atoms with Gasteiger partial charge in [-0.3, -0.25) is 14.2 Å². The highest BCUT2D eigenvalue weighted by Crippen LogP contribution is 2.45. The van der Waals surface area contributed by atoms with E-state index in [-0.39, 0.29) is 17.5 Å². The number of benzene rings is 1. The molecule has 1 aliphatic carbocycles. The maximum Gasteiger partial charge on any atom is 0.283 e. The molecular weight excluding hydrogens is 423 g/mol. The summed E-state index contributed by atoms with van der Waals surface area (Å²) in [4.78, 5) is 12.4. The van der Waals surface area contributed by atoms with Crippen molar-refractivity contribution in [2.75, 3.05) is 5.32 Å². The zero-order valence-corrected chi connectivity index (χ0v) is 16.7. The van der Waals surface area contributed by atoms with Crippen molar-refractivity contribution < 1.29 is 13.6 Å². The minimum Gasteiger partial charge on any atom is -0.322 e. The first-order valence-electron chi connectivity index (χ1n) is 9.02. The molecule has 0 unspecified atom stereocenters. The number of hydrogen-bond donors (Lipinski definition) is 1. The highest BCUT2D eigenvalue weighted by Gasteiger charge is 2.34. The molecule has 152 valence electrons. The van der Waals surface area contributed by atoms with Crippen LogP contribution < -0.4 is 5.32 Å². The van der Waals surface area contributed by atoms with Crippen LogP contribution >= 0.6 is 23.2 Å². The van der Waals surface area contributed by atoms with E-state index in [1.54, 1.807) is 16.9 Å². The van der Waals surface area contributed by atoms with E-state index in [0.29, 0.717) is 22.9 Å². The van der Waals surface area contributed by atoms with Gasteiger partial charge in [-0.2, -0.15) is 10.2 Å². The molecule has 4 rings (SSSR count). The average Bonchev–Trinajstić information content (AvgIpc) is 3.32. The van der Waals surface area contributed by atoms with Crippen LogP contribution in [0, 0.1) is 0 Å². The molecule has 6 nitrogen and oxygen atoms in total. The molecule has 2 aromatic heterocycles. The summed E-state index contributed by atoms with van der Waals surface area (Å²) in [5, 5.41) is 11.4. The number of carbonyl (C=O) groups excluding carboxylic acids is 1. The van der Waals surface area contributed by atoms with Crippen molar-refractivity contribution in [3.05, 3.63) is 63.7 Å². The van der Waals surface area contributed by atoms with Crippen molar-refractivity contribution in [2.45, 2.75) is 38.3 Å². The molecule has 1 saturated carbocycles. The molecular formula is C19H17Cl2F2N5O. The van der Waals surface area contributed by atoms with E-state index in [4.69, 9.17) is 23.2 Å². The Hall–Kier alpha value is -2.45. The summed E-state index contributed by atoms with van der Waals surface area (Å²) in [5.74, 6) is -0.321. The Kier molecular flexibility index (Phi) is 5.56. The molecule has 0 bridgehead atoms. The van der Waals surface area contributed by atoms with Crippen LogP contribution in [0.15, 0.2) is 36.7 Å². The fourth-order valence-corrected chi connectivity index (χ4v) is 3.70. The molecule has 1 fully saturated rings. The largest absolute Gasteiger partial charge is 0.322 e. The molecule has 10 heteroatoms. The van der Waals surface area contributed by atoms with Crippen LogP contribution in [0.25, 0.3) is 0 Å². The van der Waals surface area contributed by atoms with E-state index >= 15 is 0 Å². The molecule has 0 radical (unpaired) electrons. The van der Waals surface area contributed by atoms with E-state index in [1.807, 2.05) is 18.2 Å². The van der Waals surface area contributed by atoms with Gasteiger partial charge in [0.25, 0.3) is 6.43 Å². The van der Waals surface area contributed by atoms with Crippen molar-refractivity contribution >= 4 is 34.8 Å². The SMILES string of the molecule is O=C(Cn1nc(C(F)F)c(Cl)c1C1CC1)Nc1cnn(Cc2ccccc2Cl)c1. The van der Waals surface area contributed by atoms with Crippen molar-refractivity contribution in [1.82, 2.24) is 19.6 Å². The van der Waals surface area contributed by atoms with E-state index in [0.717, 1.165) is 18.4 Å². The standard InChI is InChI=1S/C19H17Cl2F2N5O/c20-14-4-2-1-3-12(14)8-27-9-13(7-24-27)25-15(29)10-28-18(11-5-6-11)16(21)17(26-28)19(22)23/h1-4,7,9,11,19H,5-6,8,10H2,(H,25,29). The molecule has 0 aliphatic heterocycles. The fraction of sp³-hybridized carbons (Fsp3) is 0.316. The molecule has 1 amide bonds. The van der Waals surface area contributed by atoms with Gasteiger partial charge in [0, 0.05) is 17.1 Å². The lowest BCUT2D eigenvalue weighted by atomic mass is 10.2. The van der Waals surface area contributed by atoms with Gasteiger partial charge < -0.3 is 5.32 Å². The Morgan fingerprint density at radius 2 is 2.03 bits per heavy atom. The van der Waals surface area contributed by atoms with Gasteiger partial charge in [-0.15, -0.1) is 0 Å². The molecule has 0 spiro atoms.